The molecule has 0 aromatic heterocycles. The summed E-state index contributed by atoms with van der Waals surface area (Å²) in [6.45, 7) is 4.54. The van der Waals surface area contributed by atoms with Gasteiger partial charge in [0.1, 0.15) is 0 Å². The van der Waals surface area contributed by atoms with Gasteiger partial charge < -0.3 is 5.73 Å². The molecule has 15 heavy (non-hydrogen) atoms. The second-order valence-corrected chi connectivity index (χ2v) is 5.05. The van der Waals surface area contributed by atoms with E-state index in [1.807, 2.05) is 0 Å². The molecule has 1 aromatic rings. The van der Waals surface area contributed by atoms with Gasteiger partial charge in [0.25, 0.3) is 0 Å². The zero-order valence-electron chi connectivity index (χ0n) is 9.79. The Morgan fingerprint density at radius 3 is 2.27 bits per heavy atom. The third-order valence-corrected chi connectivity index (χ3v) is 3.86. The van der Waals surface area contributed by atoms with Crippen molar-refractivity contribution in [1.82, 2.24) is 0 Å². The minimum atomic E-state index is 0.0136. The van der Waals surface area contributed by atoms with E-state index in [9.17, 15) is 0 Å². The molecule has 0 saturated carbocycles. The summed E-state index contributed by atoms with van der Waals surface area (Å²) in [5.74, 6) is 0.620. The number of nitrogens with two attached hydrogens (primary N) is 1. The lowest BCUT2D eigenvalue weighted by Crippen LogP contribution is -2.47. The van der Waals surface area contributed by atoms with Gasteiger partial charge in [-0.15, -0.1) is 0 Å². The van der Waals surface area contributed by atoms with Crippen LogP contribution in [0.25, 0.3) is 0 Å². The summed E-state index contributed by atoms with van der Waals surface area (Å²) in [7, 11) is 0. The summed E-state index contributed by atoms with van der Waals surface area (Å²) in [6.07, 6.45) is 4.59. The van der Waals surface area contributed by atoms with E-state index >= 15 is 0 Å². The first-order chi connectivity index (χ1) is 7.15. The zero-order chi connectivity index (χ0) is 10.9. The molecule has 0 heterocycles. The molecule has 0 fully saturated rings. The van der Waals surface area contributed by atoms with Crippen LogP contribution in [0.2, 0.25) is 0 Å². The van der Waals surface area contributed by atoms with E-state index in [1.54, 1.807) is 0 Å². The molecule has 1 aliphatic rings. The van der Waals surface area contributed by atoms with Crippen molar-refractivity contribution in [2.45, 2.75) is 45.1 Å². The molecule has 2 rings (SSSR count). The quantitative estimate of drug-likeness (QED) is 0.803. The van der Waals surface area contributed by atoms with Crippen LogP contribution in [0.4, 0.5) is 0 Å². The van der Waals surface area contributed by atoms with Gasteiger partial charge in [-0.25, -0.2) is 0 Å². The molecule has 2 N–H and O–H groups in total. The average molecular weight is 203 g/mol. The molecule has 1 aliphatic carbocycles. The lowest BCUT2D eigenvalue weighted by atomic mass is 9.81. The minimum absolute atomic E-state index is 0.0136. The monoisotopic (exact) mass is 203 g/mol. The first kappa shape index (κ1) is 10.7. The second-order valence-electron chi connectivity index (χ2n) is 5.05. The summed E-state index contributed by atoms with van der Waals surface area (Å²) in [6, 6.07) is 8.69. The van der Waals surface area contributed by atoms with Gasteiger partial charge in [0.15, 0.2) is 0 Å². The topological polar surface area (TPSA) is 26.0 Å². The lowest BCUT2D eigenvalue weighted by Gasteiger charge is -2.31. The van der Waals surface area contributed by atoms with Gasteiger partial charge >= 0.3 is 0 Å². The second kappa shape index (κ2) is 3.97. The van der Waals surface area contributed by atoms with Crippen LogP contribution in [0.1, 0.15) is 37.8 Å². The van der Waals surface area contributed by atoms with Crippen molar-refractivity contribution in [1.29, 1.82) is 0 Å². The van der Waals surface area contributed by atoms with Crippen molar-refractivity contribution in [3.05, 3.63) is 35.4 Å². The number of hydrogen-bond acceptors (Lipinski definition) is 1. The molecule has 1 unspecified atom stereocenters. The molecular weight excluding hydrogens is 182 g/mol. The Kier molecular flexibility index (Phi) is 2.83. The SMILES string of the molecule is CCCC(C)C1(N)Cc2ccccc2C1. The van der Waals surface area contributed by atoms with Gasteiger partial charge in [-0.05, 0) is 36.3 Å². The molecule has 82 valence electrons. The highest BCUT2D eigenvalue weighted by Crippen LogP contribution is 2.35. The molecule has 0 radical (unpaired) electrons. The molecule has 0 aliphatic heterocycles. The van der Waals surface area contributed by atoms with Gasteiger partial charge in [0.05, 0.1) is 0 Å². The van der Waals surface area contributed by atoms with Crippen molar-refractivity contribution in [3.63, 3.8) is 0 Å². The Bertz CT molecular complexity index is 318. The number of fused-ring (bicyclic) bond motifs is 1. The first-order valence-electron chi connectivity index (χ1n) is 6.01. The van der Waals surface area contributed by atoms with E-state index in [0.29, 0.717) is 5.92 Å². The summed E-state index contributed by atoms with van der Waals surface area (Å²) in [4.78, 5) is 0. The van der Waals surface area contributed by atoms with E-state index in [-0.39, 0.29) is 5.54 Å². The van der Waals surface area contributed by atoms with E-state index < -0.39 is 0 Å². The van der Waals surface area contributed by atoms with Gasteiger partial charge in [-0.3, -0.25) is 0 Å². The highest BCUT2D eigenvalue weighted by Gasteiger charge is 2.37. The molecule has 1 nitrogen and oxygen atoms in total. The fourth-order valence-corrected chi connectivity index (χ4v) is 2.74. The minimum Gasteiger partial charge on any atom is -0.324 e. The molecule has 1 aromatic carbocycles. The van der Waals surface area contributed by atoms with Gasteiger partial charge in [0.2, 0.25) is 0 Å². The Balaban J connectivity index is 2.17. The van der Waals surface area contributed by atoms with Crippen molar-refractivity contribution >= 4 is 0 Å². The van der Waals surface area contributed by atoms with Gasteiger partial charge in [0, 0.05) is 5.54 Å². The van der Waals surface area contributed by atoms with Crippen LogP contribution in [-0.2, 0) is 12.8 Å². The molecular formula is C14H21N. The predicted molar refractivity (Wildman–Crippen MR) is 64.8 cm³/mol. The number of benzene rings is 1. The molecule has 0 amide bonds. The third kappa shape index (κ3) is 1.93. The summed E-state index contributed by atoms with van der Waals surface area (Å²) < 4.78 is 0. The predicted octanol–water partition coefficient (Wildman–Crippen LogP) is 2.92. The number of hydrogen-bond donors (Lipinski definition) is 1. The standard InChI is InChI=1S/C14H21N/c1-3-6-11(2)14(15)9-12-7-4-5-8-13(12)10-14/h4-5,7-8,11H,3,6,9-10,15H2,1-2H3. The molecule has 1 heteroatoms. The van der Waals surface area contributed by atoms with Crippen LogP contribution in [0.5, 0.6) is 0 Å². The third-order valence-electron chi connectivity index (χ3n) is 3.86. The average Bonchev–Trinajstić information content (AvgIpc) is 2.56. The molecule has 0 saturated heterocycles. The van der Waals surface area contributed by atoms with Crippen LogP contribution in [0.15, 0.2) is 24.3 Å². The Morgan fingerprint density at radius 1 is 1.27 bits per heavy atom. The maximum absolute atomic E-state index is 6.54. The molecule has 1 atom stereocenters. The Labute approximate surface area is 92.7 Å². The van der Waals surface area contributed by atoms with Crippen LogP contribution in [-0.4, -0.2) is 5.54 Å². The maximum Gasteiger partial charge on any atom is 0.0262 e. The fourth-order valence-electron chi connectivity index (χ4n) is 2.74. The largest absolute Gasteiger partial charge is 0.324 e. The van der Waals surface area contributed by atoms with Crippen LogP contribution in [0, 0.1) is 5.92 Å². The van der Waals surface area contributed by atoms with Gasteiger partial charge in [-0.2, -0.15) is 0 Å². The normalized spacial score (nSPS) is 19.9. The zero-order valence-corrected chi connectivity index (χ0v) is 9.79. The van der Waals surface area contributed by atoms with Crippen LogP contribution < -0.4 is 5.73 Å². The summed E-state index contributed by atoms with van der Waals surface area (Å²) in [5.41, 5.74) is 9.47. The fraction of sp³-hybridized carbons (Fsp3) is 0.571. The van der Waals surface area contributed by atoms with E-state index in [1.165, 1.54) is 24.0 Å². The molecule has 0 bridgehead atoms. The first-order valence-corrected chi connectivity index (χ1v) is 6.01. The maximum atomic E-state index is 6.54. The van der Waals surface area contributed by atoms with Crippen molar-refractivity contribution in [3.8, 4) is 0 Å². The Hall–Kier alpha value is -0.820. The molecule has 0 spiro atoms. The van der Waals surface area contributed by atoms with Crippen LogP contribution >= 0.6 is 0 Å². The van der Waals surface area contributed by atoms with E-state index in [0.717, 1.165) is 12.8 Å². The van der Waals surface area contributed by atoms with Crippen LogP contribution in [0.3, 0.4) is 0 Å². The van der Waals surface area contributed by atoms with E-state index in [4.69, 9.17) is 5.73 Å². The Morgan fingerprint density at radius 2 is 1.80 bits per heavy atom. The van der Waals surface area contributed by atoms with Crippen molar-refractivity contribution < 1.29 is 0 Å². The van der Waals surface area contributed by atoms with Crippen molar-refractivity contribution in [2.24, 2.45) is 11.7 Å². The summed E-state index contributed by atoms with van der Waals surface area (Å²) >= 11 is 0. The van der Waals surface area contributed by atoms with Crippen molar-refractivity contribution in [2.75, 3.05) is 0 Å². The van der Waals surface area contributed by atoms with E-state index in [2.05, 4.69) is 38.1 Å². The smallest absolute Gasteiger partial charge is 0.0262 e. The van der Waals surface area contributed by atoms with Gasteiger partial charge in [-0.1, -0.05) is 44.5 Å². The number of rotatable bonds is 3. The highest BCUT2D eigenvalue weighted by atomic mass is 14.8. The summed E-state index contributed by atoms with van der Waals surface area (Å²) in [5, 5.41) is 0. The lowest BCUT2D eigenvalue weighted by molar-refractivity contribution is 0.284. The highest BCUT2D eigenvalue weighted by molar-refractivity contribution is 5.36.